The summed E-state index contributed by atoms with van der Waals surface area (Å²) in [5.41, 5.74) is 0.192. The predicted molar refractivity (Wildman–Crippen MR) is 75.5 cm³/mol. The highest BCUT2D eigenvalue weighted by atomic mass is 32.2. The summed E-state index contributed by atoms with van der Waals surface area (Å²) in [5, 5.41) is 7.63. The normalized spacial score (nSPS) is 11.1. The van der Waals surface area contributed by atoms with Crippen LogP contribution in [0.15, 0.2) is 50.7 Å². The van der Waals surface area contributed by atoms with E-state index in [9.17, 15) is 18.0 Å². The zero-order valence-electron chi connectivity index (χ0n) is 11.0. The van der Waals surface area contributed by atoms with Crippen LogP contribution in [-0.2, 0) is 10.0 Å². The quantitative estimate of drug-likeness (QED) is 0.871. The molecule has 8 heteroatoms. The van der Waals surface area contributed by atoms with Gasteiger partial charge in [-0.3, -0.25) is 4.79 Å². The number of anilines is 1. The van der Waals surface area contributed by atoms with Crippen LogP contribution in [0.2, 0.25) is 0 Å². The molecule has 0 saturated carbocycles. The average molecular weight is 308 g/mol. The molecule has 0 spiro atoms. The number of amides is 1. The van der Waals surface area contributed by atoms with E-state index in [1.54, 1.807) is 6.07 Å². The summed E-state index contributed by atoms with van der Waals surface area (Å²) in [5.74, 6) is -0.534. The number of hydrogen-bond donors (Lipinski definition) is 2. The minimum absolute atomic E-state index is 0.0695. The largest absolute Gasteiger partial charge is 0.430 e. The first-order chi connectivity index (χ1) is 9.79. The van der Waals surface area contributed by atoms with Gasteiger partial charge >= 0.3 is 5.63 Å². The van der Waals surface area contributed by atoms with Crippen molar-refractivity contribution in [3.8, 4) is 0 Å². The van der Waals surface area contributed by atoms with E-state index in [2.05, 4.69) is 9.73 Å². The first-order valence-electron chi connectivity index (χ1n) is 5.81. The van der Waals surface area contributed by atoms with E-state index >= 15 is 0 Å². The molecule has 1 aromatic heterocycles. The van der Waals surface area contributed by atoms with E-state index in [0.29, 0.717) is 11.3 Å². The Hall–Kier alpha value is -2.45. The third kappa shape index (κ3) is 3.36. The summed E-state index contributed by atoms with van der Waals surface area (Å²) in [6.07, 6.45) is 1.02. The number of hydrogen-bond acceptors (Lipinski definition) is 5. The molecule has 0 bridgehead atoms. The Labute approximate surface area is 120 Å². The zero-order valence-corrected chi connectivity index (χ0v) is 11.8. The van der Waals surface area contributed by atoms with E-state index in [-0.39, 0.29) is 10.5 Å². The van der Waals surface area contributed by atoms with E-state index in [1.807, 2.05) is 0 Å². The molecular weight excluding hydrogens is 296 g/mol. The maximum atomic E-state index is 12.0. The third-order valence-electron chi connectivity index (χ3n) is 2.80. The van der Waals surface area contributed by atoms with Crippen LogP contribution in [0, 0.1) is 6.92 Å². The van der Waals surface area contributed by atoms with Crippen molar-refractivity contribution in [3.05, 3.63) is 58.1 Å². The molecule has 110 valence electrons. The van der Waals surface area contributed by atoms with Crippen LogP contribution in [-0.4, -0.2) is 14.3 Å². The summed E-state index contributed by atoms with van der Waals surface area (Å²) >= 11 is 0. The topological polar surface area (TPSA) is 119 Å². The van der Waals surface area contributed by atoms with Crippen LogP contribution < -0.4 is 16.1 Å². The number of sulfonamides is 1. The summed E-state index contributed by atoms with van der Waals surface area (Å²) in [7, 11) is -3.87. The predicted octanol–water partition coefficient (Wildman–Crippen LogP) is 0.848. The Morgan fingerprint density at radius 1 is 1.24 bits per heavy atom. The SMILES string of the molecule is Cc1c(NC(=O)c2ccc(=O)oc2)cccc1S(N)(=O)=O. The Morgan fingerprint density at radius 2 is 1.95 bits per heavy atom. The number of carbonyl (C=O) groups is 1. The maximum absolute atomic E-state index is 12.0. The van der Waals surface area contributed by atoms with Crippen LogP contribution in [0.25, 0.3) is 0 Å². The molecule has 1 amide bonds. The summed E-state index contributed by atoms with van der Waals surface area (Å²) in [4.78, 5) is 22.7. The first kappa shape index (κ1) is 14.9. The number of primary sulfonamides is 1. The molecular formula is C13H12N2O5S. The van der Waals surface area contributed by atoms with E-state index in [0.717, 1.165) is 12.3 Å². The standard InChI is InChI=1S/C13H12N2O5S/c1-8-10(3-2-4-11(8)21(14,18)19)15-13(17)9-5-6-12(16)20-7-9/h2-7H,1H3,(H,15,17)(H2,14,18,19). The number of nitrogens with two attached hydrogens (primary N) is 1. The average Bonchev–Trinajstić information content (AvgIpc) is 2.40. The van der Waals surface area contributed by atoms with Gasteiger partial charge in [-0.2, -0.15) is 0 Å². The molecule has 0 unspecified atom stereocenters. The van der Waals surface area contributed by atoms with Crippen molar-refractivity contribution in [3.63, 3.8) is 0 Å². The lowest BCUT2D eigenvalue weighted by molar-refractivity contribution is 0.102. The second-order valence-electron chi connectivity index (χ2n) is 4.27. The van der Waals surface area contributed by atoms with Crippen LogP contribution in [0.5, 0.6) is 0 Å². The number of nitrogens with one attached hydrogen (secondary N) is 1. The van der Waals surface area contributed by atoms with Gasteiger partial charge in [-0.05, 0) is 30.7 Å². The van der Waals surface area contributed by atoms with Gasteiger partial charge in [0.15, 0.2) is 0 Å². The van der Waals surface area contributed by atoms with Gasteiger partial charge in [0, 0.05) is 11.8 Å². The summed E-state index contributed by atoms with van der Waals surface area (Å²) < 4.78 is 27.4. The monoisotopic (exact) mass is 308 g/mol. The van der Waals surface area contributed by atoms with Gasteiger partial charge in [0.05, 0.1) is 10.5 Å². The minimum atomic E-state index is -3.87. The number of rotatable bonds is 3. The Morgan fingerprint density at radius 3 is 2.52 bits per heavy atom. The maximum Gasteiger partial charge on any atom is 0.335 e. The molecule has 0 aliphatic heterocycles. The molecule has 0 aliphatic carbocycles. The Balaban J connectivity index is 2.34. The highest BCUT2D eigenvalue weighted by Gasteiger charge is 2.15. The second-order valence-corrected chi connectivity index (χ2v) is 5.80. The molecule has 2 aromatic rings. The zero-order chi connectivity index (χ0) is 15.6. The highest BCUT2D eigenvalue weighted by molar-refractivity contribution is 7.89. The molecule has 0 aliphatic rings. The van der Waals surface area contributed by atoms with Crippen LogP contribution in [0.4, 0.5) is 5.69 Å². The van der Waals surface area contributed by atoms with Crippen molar-refractivity contribution >= 4 is 21.6 Å². The van der Waals surface area contributed by atoms with Gasteiger partial charge in [-0.15, -0.1) is 0 Å². The molecule has 0 fully saturated rings. The van der Waals surface area contributed by atoms with Crippen molar-refractivity contribution in [1.29, 1.82) is 0 Å². The lowest BCUT2D eigenvalue weighted by atomic mass is 10.2. The molecule has 1 aromatic carbocycles. The first-order valence-corrected chi connectivity index (χ1v) is 7.36. The number of benzene rings is 1. The summed E-state index contributed by atoms with van der Waals surface area (Å²) in [6.45, 7) is 1.53. The second kappa shape index (κ2) is 5.51. The minimum Gasteiger partial charge on any atom is -0.430 e. The van der Waals surface area contributed by atoms with Gasteiger partial charge in [0.1, 0.15) is 6.26 Å². The van der Waals surface area contributed by atoms with Gasteiger partial charge in [-0.1, -0.05) is 6.07 Å². The molecule has 2 rings (SSSR count). The van der Waals surface area contributed by atoms with Crippen molar-refractivity contribution < 1.29 is 17.6 Å². The molecule has 0 saturated heterocycles. The molecule has 1 heterocycles. The molecule has 7 nitrogen and oxygen atoms in total. The van der Waals surface area contributed by atoms with Crippen molar-refractivity contribution in [2.24, 2.45) is 5.14 Å². The fraction of sp³-hybridized carbons (Fsp3) is 0.0769. The van der Waals surface area contributed by atoms with Crippen molar-refractivity contribution in [2.45, 2.75) is 11.8 Å². The molecule has 0 atom stereocenters. The molecule has 3 N–H and O–H groups in total. The highest BCUT2D eigenvalue weighted by Crippen LogP contribution is 2.22. The Kier molecular flexibility index (Phi) is 3.92. The third-order valence-corrected chi connectivity index (χ3v) is 3.86. The molecule has 0 radical (unpaired) electrons. The fourth-order valence-corrected chi connectivity index (χ4v) is 2.54. The number of carbonyl (C=O) groups excluding carboxylic acids is 1. The van der Waals surface area contributed by atoms with Gasteiger partial charge in [0.25, 0.3) is 5.91 Å². The van der Waals surface area contributed by atoms with Crippen LogP contribution >= 0.6 is 0 Å². The lowest BCUT2D eigenvalue weighted by Crippen LogP contribution is -2.17. The smallest absolute Gasteiger partial charge is 0.335 e. The van der Waals surface area contributed by atoms with Crippen LogP contribution in [0.3, 0.4) is 0 Å². The lowest BCUT2D eigenvalue weighted by Gasteiger charge is -2.11. The van der Waals surface area contributed by atoms with Crippen molar-refractivity contribution in [2.75, 3.05) is 5.32 Å². The molecule has 21 heavy (non-hydrogen) atoms. The van der Waals surface area contributed by atoms with Crippen molar-refractivity contribution in [1.82, 2.24) is 0 Å². The summed E-state index contributed by atoms with van der Waals surface area (Å²) in [6, 6.07) is 6.78. The Bertz CT molecular complexity index is 835. The van der Waals surface area contributed by atoms with Gasteiger partial charge < -0.3 is 9.73 Å². The fourth-order valence-electron chi connectivity index (χ4n) is 1.74. The van der Waals surface area contributed by atoms with Gasteiger partial charge in [-0.25, -0.2) is 18.4 Å². The van der Waals surface area contributed by atoms with Crippen LogP contribution in [0.1, 0.15) is 15.9 Å². The van der Waals surface area contributed by atoms with Gasteiger partial charge in [0.2, 0.25) is 10.0 Å². The van der Waals surface area contributed by atoms with E-state index < -0.39 is 21.6 Å². The van der Waals surface area contributed by atoms with E-state index in [4.69, 9.17) is 5.14 Å². The van der Waals surface area contributed by atoms with E-state index in [1.165, 1.54) is 25.1 Å².